The Hall–Kier alpha value is -2.00. The smallest absolute Gasteiger partial charge is 0.320 e. The number of aliphatic carboxylic acids is 1. The molecule has 1 aromatic heterocycles. The van der Waals surface area contributed by atoms with Crippen molar-refractivity contribution in [2.75, 3.05) is 12.4 Å². The Kier molecular flexibility index (Phi) is 4.36. The molecule has 0 aliphatic rings. The number of carboxylic acid groups (broad SMARTS) is 1. The summed E-state index contributed by atoms with van der Waals surface area (Å²) in [7, 11) is 1.76. The lowest BCUT2D eigenvalue weighted by molar-refractivity contribution is -0.138. The van der Waals surface area contributed by atoms with Crippen LogP contribution in [0.4, 0.5) is 5.82 Å². The molecule has 86 valence electrons. The fourth-order valence-corrected chi connectivity index (χ4v) is 1.02. The average molecular weight is 222 g/mol. The van der Waals surface area contributed by atoms with E-state index in [1.807, 2.05) is 0 Å². The Morgan fingerprint density at radius 1 is 1.81 bits per heavy atom. The molecule has 1 atom stereocenters. The normalized spacial score (nSPS) is 11.4. The average Bonchev–Trinajstić information content (AvgIpc) is 2.71. The molecular weight excluding hydrogens is 208 g/mol. The van der Waals surface area contributed by atoms with Gasteiger partial charge in [-0.15, -0.1) is 0 Å². The molecule has 1 rings (SSSR count). The number of rotatable bonds is 4. The summed E-state index contributed by atoms with van der Waals surface area (Å²) in [6.45, 7) is 0. The lowest BCUT2D eigenvalue weighted by Gasteiger charge is -2.00. The van der Waals surface area contributed by atoms with Crippen LogP contribution >= 0.6 is 0 Å². The molecule has 0 saturated carbocycles. The number of hydrogen-bond acceptors (Lipinski definition) is 4. The number of aromatic amines is 1. The van der Waals surface area contributed by atoms with Gasteiger partial charge in [-0.1, -0.05) is 5.92 Å². The van der Waals surface area contributed by atoms with Crippen molar-refractivity contribution < 1.29 is 9.90 Å². The highest BCUT2D eigenvalue weighted by atomic mass is 16.4. The van der Waals surface area contributed by atoms with Gasteiger partial charge in [-0.2, -0.15) is 5.10 Å². The van der Waals surface area contributed by atoms with Gasteiger partial charge >= 0.3 is 5.97 Å². The molecule has 0 fully saturated rings. The first kappa shape index (κ1) is 12.1. The summed E-state index contributed by atoms with van der Waals surface area (Å²) >= 11 is 0. The fourth-order valence-electron chi connectivity index (χ4n) is 1.02. The van der Waals surface area contributed by atoms with Gasteiger partial charge in [0.25, 0.3) is 0 Å². The molecule has 1 heterocycles. The lowest BCUT2D eigenvalue weighted by Crippen LogP contribution is -2.29. The lowest BCUT2D eigenvalue weighted by atomic mass is 10.2. The maximum Gasteiger partial charge on any atom is 0.320 e. The van der Waals surface area contributed by atoms with Crippen molar-refractivity contribution in [3.05, 3.63) is 11.8 Å². The number of hydrogen-bond donors (Lipinski definition) is 4. The quantitative estimate of drug-likeness (QED) is 0.537. The summed E-state index contributed by atoms with van der Waals surface area (Å²) in [4.78, 5) is 10.4. The van der Waals surface area contributed by atoms with Gasteiger partial charge in [0.2, 0.25) is 0 Å². The predicted molar refractivity (Wildman–Crippen MR) is 59.9 cm³/mol. The molecule has 0 spiro atoms. The van der Waals surface area contributed by atoms with E-state index < -0.39 is 12.0 Å². The third kappa shape index (κ3) is 3.63. The van der Waals surface area contributed by atoms with Gasteiger partial charge in [0.15, 0.2) is 0 Å². The summed E-state index contributed by atoms with van der Waals surface area (Å²) in [5.41, 5.74) is 6.01. The van der Waals surface area contributed by atoms with Crippen LogP contribution in [0.1, 0.15) is 18.5 Å². The topological polar surface area (TPSA) is 104 Å². The number of nitrogens with one attached hydrogen (secondary N) is 2. The summed E-state index contributed by atoms with van der Waals surface area (Å²) in [5, 5.41) is 18.1. The zero-order valence-electron chi connectivity index (χ0n) is 8.95. The van der Waals surface area contributed by atoms with Crippen LogP contribution in [0.25, 0.3) is 0 Å². The fraction of sp³-hybridized carbons (Fsp3) is 0.400. The SMILES string of the molecule is CNc1cc(C#CCCC(N)C(=O)O)[nH]n1. The third-order valence-corrected chi connectivity index (χ3v) is 1.95. The van der Waals surface area contributed by atoms with Gasteiger partial charge in [-0.05, 0) is 12.3 Å². The van der Waals surface area contributed by atoms with Crippen molar-refractivity contribution in [1.29, 1.82) is 0 Å². The molecule has 0 saturated heterocycles. The molecule has 5 N–H and O–H groups in total. The van der Waals surface area contributed by atoms with E-state index in [9.17, 15) is 4.79 Å². The van der Waals surface area contributed by atoms with E-state index in [0.717, 1.165) is 0 Å². The largest absolute Gasteiger partial charge is 0.480 e. The highest BCUT2D eigenvalue weighted by Crippen LogP contribution is 2.02. The number of aromatic nitrogens is 2. The third-order valence-electron chi connectivity index (χ3n) is 1.95. The number of nitrogens with two attached hydrogens (primary N) is 1. The van der Waals surface area contributed by atoms with Crippen LogP contribution < -0.4 is 11.1 Å². The van der Waals surface area contributed by atoms with Crippen LogP contribution in [0.2, 0.25) is 0 Å². The standard InChI is InChI=1S/C10H14N4O2/c1-12-9-6-7(13-14-9)4-2-3-5-8(11)10(15)16/h6,8H,3,5,11H2,1H3,(H,15,16)(H2,12,13,14). The Bertz CT molecular complexity index is 416. The number of anilines is 1. The van der Waals surface area contributed by atoms with E-state index in [1.165, 1.54) is 0 Å². The Labute approximate surface area is 93.2 Å². The highest BCUT2D eigenvalue weighted by molar-refractivity contribution is 5.73. The van der Waals surface area contributed by atoms with E-state index in [1.54, 1.807) is 13.1 Å². The second-order valence-electron chi connectivity index (χ2n) is 3.20. The summed E-state index contributed by atoms with van der Waals surface area (Å²) < 4.78 is 0. The Morgan fingerprint density at radius 2 is 2.56 bits per heavy atom. The second kappa shape index (κ2) is 5.78. The van der Waals surface area contributed by atoms with Crippen LogP contribution in [0, 0.1) is 11.8 Å². The molecule has 6 nitrogen and oxygen atoms in total. The van der Waals surface area contributed by atoms with Crippen LogP contribution in [0.5, 0.6) is 0 Å². The molecule has 1 aromatic rings. The highest BCUT2D eigenvalue weighted by Gasteiger charge is 2.08. The first-order chi connectivity index (χ1) is 7.63. The monoisotopic (exact) mass is 222 g/mol. The first-order valence-corrected chi connectivity index (χ1v) is 4.84. The van der Waals surface area contributed by atoms with Crippen LogP contribution in [-0.4, -0.2) is 34.4 Å². The summed E-state index contributed by atoms with van der Waals surface area (Å²) in [6.07, 6.45) is 0.788. The summed E-state index contributed by atoms with van der Waals surface area (Å²) in [6, 6.07) is 0.924. The minimum atomic E-state index is -0.999. The van der Waals surface area contributed by atoms with Crippen molar-refractivity contribution in [3.8, 4) is 11.8 Å². The molecule has 0 aliphatic carbocycles. The van der Waals surface area contributed by atoms with E-state index in [-0.39, 0.29) is 0 Å². The molecule has 6 heteroatoms. The Morgan fingerprint density at radius 3 is 3.12 bits per heavy atom. The van der Waals surface area contributed by atoms with Crippen molar-refractivity contribution >= 4 is 11.8 Å². The molecule has 0 amide bonds. The van der Waals surface area contributed by atoms with Crippen LogP contribution in [0.15, 0.2) is 6.07 Å². The predicted octanol–water partition coefficient (Wildman–Crippen LogP) is -0.00500. The number of carbonyl (C=O) groups is 1. The van der Waals surface area contributed by atoms with Crippen molar-refractivity contribution in [2.24, 2.45) is 5.73 Å². The number of nitrogens with zero attached hydrogens (tertiary/aromatic N) is 1. The van der Waals surface area contributed by atoms with Gasteiger partial charge < -0.3 is 16.2 Å². The van der Waals surface area contributed by atoms with E-state index in [2.05, 4.69) is 27.4 Å². The number of carboxylic acids is 1. The van der Waals surface area contributed by atoms with Gasteiger partial charge in [-0.25, -0.2) is 0 Å². The van der Waals surface area contributed by atoms with E-state index >= 15 is 0 Å². The van der Waals surface area contributed by atoms with Gasteiger partial charge in [0.05, 0.1) is 0 Å². The zero-order valence-corrected chi connectivity index (χ0v) is 8.95. The maximum atomic E-state index is 10.4. The molecule has 1 unspecified atom stereocenters. The van der Waals surface area contributed by atoms with Crippen LogP contribution in [0.3, 0.4) is 0 Å². The van der Waals surface area contributed by atoms with Gasteiger partial charge in [0.1, 0.15) is 17.6 Å². The van der Waals surface area contributed by atoms with Crippen molar-refractivity contribution in [1.82, 2.24) is 10.2 Å². The molecular formula is C10H14N4O2. The Balaban J connectivity index is 2.40. The van der Waals surface area contributed by atoms with E-state index in [4.69, 9.17) is 10.8 Å². The molecule has 0 aromatic carbocycles. The molecule has 0 bridgehead atoms. The molecule has 16 heavy (non-hydrogen) atoms. The van der Waals surface area contributed by atoms with Crippen molar-refractivity contribution in [2.45, 2.75) is 18.9 Å². The minimum Gasteiger partial charge on any atom is -0.480 e. The number of H-pyrrole nitrogens is 1. The summed E-state index contributed by atoms with van der Waals surface area (Å²) in [5.74, 6) is 5.38. The van der Waals surface area contributed by atoms with E-state index in [0.29, 0.717) is 24.4 Å². The minimum absolute atomic E-state index is 0.343. The maximum absolute atomic E-state index is 10.4. The molecule has 0 aliphatic heterocycles. The van der Waals surface area contributed by atoms with Gasteiger partial charge in [0, 0.05) is 19.5 Å². The first-order valence-electron chi connectivity index (χ1n) is 4.84. The zero-order chi connectivity index (χ0) is 12.0. The van der Waals surface area contributed by atoms with Gasteiger partial charge in [-0.3, -0.25) is 9.89 Å². The molecule has 0 radical (unpaired) electrons. The van der Waals surface area contributed by atoms with Crippen molar-refractivity contribution in [3.63, 3.8) is 0 Å². The van der Waals surface area contributed by atoms with Crippen LogP contribution in [-0.2, 0) is 4.79 Å². The second-order valence-corrected chi connectivity index (χ2v) is 3.20.